The normalized spacial score (nSPS) is 14.7. The molecule has 0 spiro atoms. The molecule has 3 aliphatic rings. The molecule has 0 saturated heterocycles. The van der Waals surface area contributed by atoms with Crippen LogP contribution in [0, 0.1) is 27.7 Å². The van der Waals surface area contributed by atoms with Crippen LogP contribution in [-0.2, 0) is 0 Å². The molecule has 52 heavy (non-hydrogen) atoms. The van der Waals surface area contributed by atoms with E-state index in [1.807, 2.05) is 0 Å². The molecule has 10 rings (SSSR count). The Morgan fingerprint density at radius 3 is 1.60 bits per heavy atom. The van der Waals surface area contributed by atoms with Crippen molar-refractivity contribution in [3.8, 4) is 11.1 Å². The summed E-state index contributed by atoms with van der Waals surface area (Å²) in [5.41, 5.74) is 20.9. The molecule has 1 N–H and O–H groups in total. The summed E-state index contributed by atoms with van der Waals surface area (Å²) in [6.07, 6.45) is 6.65. The number of benzene rings is 4. The number of hydrogen-bond donors (Lipinski definition) is 1. The van der Waals surface area contributed by atoms with E-state index >= 15 is 0 Å². The minimum atomic E-state index is 0.928. The number of rotatable bonds is 4. The first kappa shape index (κ1) is 30.3. The highest BCUT2D eigenvalue weighted by molar-refractivity contribution is 6.30. The zero-order valence-corrected chi connectivity index (χ0v) is 29.6. The number of nitrogens with zero attached hydrogens (tertiary/aromatic N) is 3. The third-order valence-corrected chi connectivity index (χ3v) is 10.6. The predicted octanol–water partition coefficient (Wildman–Crippen LogP) is 8.74. The summed E-state index contributed by atoms with van der Waals surface area (Å²) in [6, 6.07) is 44.1. The zero-order chi connectivity index (χ0) is 35.1. The highest BCUT2D eigenvalue weighted by Gasteiger charge is 2.28. The molecule has 0 aliphatic carbocycles. The third-order valence-electron chi connectivity index (χ3n) is 10.6. The van der Waals surface area contributed by atoms with E-state index in [1.165, 1.54) is 33.4 Å². The van der Waals surface area contributed by atoms with E-state index < -0.39 is 0 Å². The maximum absolute atomic E-state index is 5.56. The summed E-state index contributed by atoms with van der Waals surface area (Å²) in [6.45, 7) is 8.54. The molecule has 0 radical (unpaired) electrons. The van der Waals surface area contributed by atoms with Gasteiger partial charge in [-0.05, 0) is 92.4 Å². The number of allylic oxidation sites excluding steroid dienone is 3. The van der Waals surface area contributed by atoms with Crippen molar-refractivity contribution < 1.29 is 0 Å². The molecule has 0 atom stereocenters. The van der Waals surface area contributed by atoms with Crippen LogP contribution in [0.3, 0.4) is 0 Å². The van der Waals surface area contributed by atoms with Gasteiger partial charge in [0.2, 0.25) is 0 Å². The molecule has 248 valence electrons. The van der Waals surface area contributed by atoms with Crippen LogP contribution < -0.4 is 16.2 Å². The van der Waals surface area contributed by atoms with E-state index in [9.17, 15) is 0 Å². The van der Waals surface area contributed by atoms with E-state index in [4.69, 9.17) is 9.98 Å². The number of aryl methyl sites for hydroxylation is 4. The van der Waals surface area contributed by atoms with Gasteiger partial charge in [0.05, 0.1) is 28.3 Å². The molecule has 4 nitrogen and oxygen atoms in total. The Bertz CT molecular complexity index is 2920. The molecular formula is C48H36N4. The Morgan fingerprint density at radius 2 is 1.00 bits per heavy atom. The molecule has 6 heterocycles. The van der Waals surface area contributed by atoms with Crippen LogP contribution in [0.25, 0.3) is 39.4 Å². The number of aliphatic imine (C=N–C) groups is 1. The summed E-state index contributed by atoms with van der Waals surface area (Å²) in [5.74, 6) is 0. The lowest BCUT2D eigenvalue weighted by Crippen LogP contribution is -2.20. The first-order valence-electron chi connectivity index (χ1n) is 17.9. The highest BCUT2D eigenvalue weighted by atomic mass is 15.0. The zero-order valence-electron chi connectivity index (χ0n) is 29.6. The third kappa shape index (κ3) is 4.75. The molecule has 0 saturated carbocycles. The minimum absolute atomic E-state index is 0.928. The molecule has 3 aromatic heterocycles. The molecule has 6 bridgehead atoms. The second kappa shape index (κ2) is 11.5. The second-order valence-corrected chi connectivity index (χ2v) is 14.3. The smallest absolute Gasteiger partial charge is 0.146 e. The van der Waals surface area contributed by atoms with Gasteiger partial charge in [0.15, 0.2) is 0 Å². The van der Waals surface area contributed by atoms with Gasteiger partial charge in [-0.25, -0.2) is 9.98 Å². The van der Waals surface area contributed by atoms with Crippen LogP contribution >= 0.6 is 0 Å². The predicted molar refractivity (Wildman–Crippen MR) is 213 cm³/mol. The number of hydrogen-bond acceptors (Lipinski definition) is 2. The van der Waals surface area contributed by atoms with Gasteiger partial charge in [-0.1, -0.05) is 119 Å². The average Bonchev–Trinajstić information content (AvgIpc) is 3.99. The molecule has 3 aliphatic heterocycles. The van der Waals surface area contributed by atoms with Crippen molar-refractivity contribution >= 4 is 34.0 Å². The van der Waals surface area contributed by atoms with Crippen LogP contribution in [0.1, 0.15) is 50.2 Å². The van der Waals surface area contributed by atoms with Crippen LogP contribution in [0.4, 0.5) is 0 Å². The van der Waals surface area contributed by atoms with E-state index in [-0.39, 0.29) is 0 Å². The van der Waals surface area contributed by atoms with E-state index in [0.29, 0.717) is 0 Å². The van der Waals surface area contributed by atoms with Gasteiger partial charge < -0.3 is 4.98 Å². The van der Waals surface area contributed by atoms with Crippen molar-refractivity contribution in [1.29, 1.82) is 0 Å². The maximum Gasteiger partial charge on any atom is 0.146 e. The number of aromatic nitrogens is 2. The average molecular weight is 669 g/mol. The number of nitrogens with one attached hydrogen (secondary N) is 1. The van der Waals surface area contributed by atoms with Gasteiger partial charge in [-0.3, -0.25) is 4.40 Å². The lowest BCUT2D eigenvalue weighted by molar-refractivity contribution is 1.06. The van der Waals surface area contributed by atoms with Crippen molar-refractivity contribution in [3.63, 3.8) is 0 Å². The van der Waals surface area contributed by atoms with Crippen molar-refractivity contribution in [3.05, 3.63) is 211 Å². The molecule has 0 fully saturated rings. The number of H-pyrrole nitrogens is 1. The second-order valence-electron chi connectivity index (χ2n) is 14.3. The fourth-order valence-electron chi connectivity index (χ4n) is 7.90. The van der Waals surface area contributed by atoms with Gasteiger partial charge >= 0.3 is 0 Å². The largest absolute Gasteiger partial charge is 0.354 e. The fraction of sp³-hybridized carbons (Fsp3) is 0.0833. The summed E-state index contributed by atoms with van der Waals surface area (Å²) in [4.78, 5) is 14.9. The molecule has 7 aromatic rings. The van der Waals surface area contributed by atoms with Gasteiger partial charge in [0, 0.05) is 38.5 Å². The Hall–Kier alpha value is -6.52. The molecule has 0 amide bonds. The summed E-state index contributed by atoms with van der Waals surface area (Å²) >= 11 is 0. The van der Waals surface area contributed by atoms with E-state index in [1.54, 1.807) is 0 Å². The molecule has 4 heteroatoms. The van der Waals surface area contributed by atoms with Crippen molar-refractivity contribution in [2.75, 3.05) is 0 Å². The Labute approximate surface area is 302 Å². The van der Waals surface area contributed by atoms with Crippen LogP contribution in [0.2, 0.25) is 0 Å². The lowest BCUT2D eigenvalue weighted by Gasteiger charge is -2.12. The monoisotopic (exact) mass is 668 g/mol. The topological polar surface area (TPSA) is 44.9 Å². The first-order chi connectivity index (χ1) is 25.4. The van der Waals surface area contributed by atoms with Crippen LogP contribution in [-0.4, -0.2) is 15.1 Å². The fourth-order valence-corrected chi connectivity index (χ4v) is 7.90. The SMILES string of the molecule is Cc1ccc(C2=C3C=CC(=N3)C(c3ccc(C)cc3)=c3ccc([nH]3)=C(c3ccc(C)cc3)C3=Cc4c(-c5ccc(C)cc5)c5ccc2n5c4=N3)cc1. The molecular weight excluding hydrogens is 633 g/mol. The Balaban J connectivity index is 1.38. The quantitative estimate of drug-likeness (QED) is 0.195. The number of aromatic amines is 1. The first-order valence-corrected chi connectivity index (χ1v) is 17.9. The van der Waals surface area contributed by atoms with Gasteiger partial charge in [-0.15, -0.1) is 0 Å². The standard InChI is InChI=1S/C48H36N4/c1-28-5-13-32(14-6-28)44-36-27-41-46(34-17-9-30(3)10-18-34)39-22-21-37(49-39)45(33-15-7-29(2)8-16-33)38-23-24-40(50-38)47(35-19-11-31(4)12-20-35)43-26-25-42(44)52(43)48(36)51-41/h5-27,49H,1-4H3. The van der Waals surface area contributed by atoms with Gasteiger partial charge in [-0.2, -0.15) is 0 Å². The molecule has 4 aromatic carbocycles. The summed E-state index contributed by atoms with van der Waals surface area (Å²) in [7, 11) is 0. The molecule has 0 unspecified atom stereocenters. The van der Waals surface area contributed by atoms with Crippen molar-refractivity contribution in [1.82, 2.24) is 9.38 Å². The van der Waals surface area contributed by atoms with Gasteiger partial charge in [0.1, 0.15) is 5.49 Å². The van der Waals surface area contributed by atoms with Crippen LogP contribution in [0.15, 0.2) is 155 Å². The summed E-state index contributed by atoms with van der Waals surface area (Å²) < 4.78 is 2.36. The maximum atomic E-state index is 5.56. The van der Waals surface area contributed by atoms with Crippen LogP contribution in [0.5, 0.6) is 0 Å². The highest BCUT2D eigenvalue weighted by Crippen LogP contribution is 2.39. The van der Waals surface area contributed by atoms with Crippen molar-refractivity contribution in [2.45, 2.75) is 27.7 Å². The van der Waals surface area contributed by atoms with Crippen molar-refractivity contribution in [2.24, 2.45) is 9.98 Å². The Kier molecular flexibility index (Phi) is 6.71. The van der Waals surface area contributed by atoms with Gasteiger partial charge in [0.25, 0.3) is 0 Å². The minimum Gasteiger partial charge on any atom is -0.354 e. The number of fused-ring (bicyclic) bond motifs is 4. The lowest BCUT2D eigenvalue weighted by atomic mass is 9.98. The Morgan fingerprint density at radius 1 is 0.481 bits per heavy atom. The van der Waals surface area contributed by atoms with E-state index in [0.717, 1.165) is 83.5 Å². The van der Waals surface area contributed by atoms with E-state index in [2.05, 4.69) is 177 Å². The summed E-state index contributed by atoms with van der Waals surface area (Å²) in [5, 5.41) is 2.03.